The van der Waals surface area contributed by atoms with Crippen LogP contribution >= 0.6 is 15.9 Å². The van der Waals surface area contributed by atoms with Crippen molar-refractivity contribution in [1.82, 2.24) is 0 Å². The Hall–Kier alpha value is -0.523. The van der Waals surface area contributed by atoms with Gasteiger partial charge in [0.15, 0.2) is 0 Å². The Morgan fingerprint density at radius 2 is 1.86 bits per heavy atom. The van der Waals surface area contributed by atoms with Gasteiger partial charge in [0.05, 0.1) is 0 Å². The zero-order chi connectivity index (χ0) is 10.6. The number of hydrogen-bond donors (Lipinski definition) is 0. The highest BCUT2D eigenvalue weighted by molar-refractivity contribution is 9.10. The highest BCUT2D eigenvalue weighted by Gasteiger charge is 2.07. The molecule has 1 aromatic rings. The van der Waals surface area contributed by atoms with Crippen LogP contribution in [0.2, 0.25) is 19.6 Å². The fourth-order valence-corrected chi connectivity index (χ4v) is 2.09. The van der Waals surface area contributed by atoms with Gasteiger partial charge >= 0.3 is 0 Å². The molecule has 0 nitrogen and oxygen atoms in total. The molecule has 2 heteroatoms. The summed E-state index contributed by atoms with van der Waals surface area (Å²) in [5.41, 5.74) is 4.64. The molecule has 0 heterocycles. The Morgan fingerprint density at radius 1 is 1.21 bits per heavy atom. The lowest BCUT2D eigenvalue weighted by Gasteiger charge is -2.03. The molecule has 0 saturated carbocycles. The molecule has 14 heavy (non-hydrogen) atoms. The maximum Gasteiger partial charge on any atom is 0.129 e. The molecule has 0 radical (unpaired) electrons. The second kappa shape index (κ2) is 4.81. The molecule has 1 aromatic carbocycles. The summed E-state index contributed by atoms with van der Waals surface area (Å²) in [6, 6.07) is 8.25. The van der Waals surface area contributed by atoms with E-state index in [1.807, 2.05) is 6.07 Å². The average molecular weight is 267 g/mol. The van der Waals surface area contributed by atoms with Crippen LogP contribution in [0.15, 0.2) is 28.7 Å². The van der Waals surface area contributed by atoms with Crippen molar-refractivity contribution in [2.45, 2.75) is 26.1 Å². The Kier molecular flexibility index (Phi) is 3.97. The van der Waals surface area contributed by atoms with Crippen molar-refractivity contribution in [3.8, 4) is 11.5 Å². The summed E-state index contributed by atoms with van der Waals surface area (Å²) in [4.78, 5) is 0. The van der Waals surface area contributed by atoms with Crippen molar-refractivity contribution in [2.75, 3.05) is 0 Å². The van der Waals surface area contributed by atoms with Crippen molar-refractivity contribution >= 4 is 24.0 Å². The molecule has 74 valence electrons. The van der Waals surface area contributed by atoms with Crippen LogP contribution in [-0.2, 0) is 6.42 Å². The zero-order valence-corrected chi connectivity index (χ0v) is 11.5. The van der Waals surface area contributed by atoms with Crippen LogP contribution in [0.5, 0.6) is 0 Å². The third-order valence-corrected chi connectivity index (χ3v) is 3.40. The van der Waals surface area contributed by atoms with Crippen molar-refractivity contribution in [1.29, 1.82) is 0 Å². The van der Waals surface area contributed by atoms with Gasteiger partial charge in [0, 0.05) is 10.9 Å². The second-order valence-electron chi connectivity index (χ2n) is 4.32. The first-order valence-electron chi connectivity index (χ1n) is 4.72. The molecule has 0 bridgehead atoms. The van der Waals surface area contributed by atoms with Crippen LogP contribution in [-0.4, -0.2) is 8.07 Å². The van der Waals surface area contributed by atoms with Gasteiger partial charge in [-0.3, -0.25) is 0 Å². The van der Waals surface area contributed by atoms with Gasteiger partial charge in [-0.1, -0.05) is 53.8 Å². The van der Waals surface area contributed by atoms with Gasteiger partial charge in [-0.15, -0.1) is 11.5 Å². The smallest absolute Gasteiger partial charge is 0.129 e. The fourth-order valence-electron chi connectivity index (χ4n) is 1.05. The SMILES string of the molecule is C[Si](C)(C)C#CCc1ccccc1Br. The van der Waals surface area contributed by atoms with E-state index < -0.39 is 8.07 Å². The van der Waals surface area contributed by atoms with Crippen LogP contribution < -0.4 is 0 Å². The molecule has 1 rings (SSSR count). The van der Waals surface area contributed by atoms with E-state index in [1.54, 1.807) is 0 Å². The minimum absolute atomic E-state index is 0.853. The van der Waals surface area contributed by atoms with Crippen molar-refractivity contribution < 1.29 is 0 Å². The van der Waals surface area contributed by atoms with Gasteiger partial charge in [0.2, 0.25) is 0 Å². The van der Waals surface area contributed by atoms with Crippen LogP contribution in [0, 0.1) is 11.5 Å². The third-order valence-electron chi connectivity index (χ3n) is 1.70. The van der Waals surface area contributed by atoms with Gasteiger partial charge in [0.1, 0.15) is 8.07 Å². The predicted octanol–water partition coefficient (Wildman–Crippen LogP) is 3.87. The molecular formula is C12H15BrSi. The summed E-state index contributed by atoms with van der Waals surface area (Å²) in [6.45, 7) is 6.79. The van der Waals surface area contributed by atoms with Crippen LogP contribution in [0.3, 0.4) is 0 Å². The summed E-state index contributed by atoms with van der Waals surface area (Å²) in [5.74, 6) is 3.26. The predicted molar refractivity (Wildman–Crippen MR) is 69.0 cm³/mol. The lowest BCUT2D eigenvalue weighted by molar-refractivity contribution is 1.29. The Labute approximate surface area is 95.9 Å². The maximum absolute atomic E-state index is 3.52. The average Bonchev–Trinajstić information content (AvgIpc) is 2.06. The van der Waals surface area contributed by atoms with Crippen molar-refractivity contribution in [3.63, 3.8) is 0 Å². The molecule has 0 amide bonds. The fraction of sp³-hybridized carbons (Fsp3) is 0.333. The molecule has 0 spiro atoms. The topological polar surface area (TPSA) is 0 Å². The van der Waals surface area contributed by atoms with Gasteiger partial charge in [0.25, 0.3) is 0 Å². The normalized spacial score (nSPS) is 10.6. The van der Waals surface area contributed by atoms with Crippen molar-refractivity contribution in [3.05, 3.63) is 34.3 Å². The first-order chi connectivity index (χ1) is 6.49. The van der Waals surface area contributed by atoms with E-state index >= 15 is 0 Å². The molecule has 0 aliphatic heterocycles. The molecule has 0 aromatic heterocycles. The number of halogens is 1. The summed E-state index contributed by atoms with van der Waals surface area (Å²) >= 11 is 3.52. The summed E-state index contributed by atoms with van der Waals surface area (Å²) in [7, 11) is -1.20. The van der Waals surface area contributed by atoms with E-state index in [0.29, 0.717) is 0 Å². The highest BCUT2D eigenvalue weighted by Crippen LogP contribution is 2.15. The minimum Gasteiger partial charge on any atom is -0.132 e. The largest absolute Gasteiger partial charge is 0.132 e. The monoisotopic (exact) mass is 266 g/mol. The first kappa shape index (κ1) is 11.6. The third kappa shape index (κ3) is 4.12. The van der Waals surface area contributed by atoms with E-state index in [1.165, 1.54) is 5.56 Å². The number of rotatable bonds is 1. The van der Waals surface area contributed by atoms with Crippen LogP contribution in [0.4, 0.5) is 0 Å². The number of benzene rings is 1. The Morgan fingerprint density at radius 3 is 2.43 bits per heavy atom. The molecule has 0 N–H and O–H groups in total. The first-order valence-corrected chi connectivity index (χ1v) is 9.02. The van der Waals surface area contributed by atoms with E-state index in [9.17, 15) is 0 Å². The molecule has 0 aliphatic carbocycles. The van der Waals surface area contributed by atoms with Crippen LogP contribution in [0.25, 0.3) is 0 Å². The van der Waals surface area contributed by atoms with Gasteiger partial charge < -0.3 is 0 Å². The standard InChI is InChI=1S/C12H15BrSi/c1-14(2,3)10-6-8-11-7-4-5-9-12(11)13/h4-5,7,9H,8H2,1-3H3. The molecular weight excluding hydrogens is 252 g/mol. The lowest BCUT2D eigenvalue weighted by Crippen LogP contribution is -2.16. The van der Waals surface area contributed by atoms with E-state index in [-0.39, 0.29) is 0 Å². The van der Waals surface area contributed by atoms with Gasteiger partial charge in [-0.25, -0.2) is 0 Å². The minimum atomic E-state index is -1.20. The van der Waals surface area contributed by atoms with Gasteiger partial charge in [-0.2, -0.15) is 0 Å². The van der Waals surface area contributed by atoms with E-state index in [0.717, 1.165) is 10.9 Å². The Bertz CT molecular complexity index is 366. The highest BCUT2D eigenvalue weighted by atomic mass is 79.9. The molecule has 0 aliphatic rings. The zero-order valence-electron chi connectivity index (χ0n) is 8.89. The molecule has 0 unspecified atom stereocenters. The van der Waals surface area contributed by atoms with E-state index in [4.69, 9.17) is 0 Å². The molecule has 0 atom stereocenters. The lowest BCUT2D eigenvalue weighted by atomic mass is 10.2. The van der Waals surface area contributed by atoms with Gasteiger partial charge in [-0.05, 0) is 11.6 Å². The van der Waals surface area contributed by atoms with Crippen LogP contribution in [0.1, 0.15) is 5.56 Å². The van der Waals surface area contributed by atoms with E-state index in [2.05, 4.69) is 65.2 Å². The molecule has 0 saturated heterocycles. The molecule has 0 fully saturated rings. The summed E-state index contributed by atoms with van der Waals surface area (Å²) in [6.07, 6.45) is 0.853. The summed E-state index contributed by atoms with van der Waals surface area (Å²) in [5, 5.41) is 0. The summed E-state index contributed by atoms with van der Waals surface area (Å²) < 4.78 is 1.16. The quantitative estimate of drug-likeness (QED) is 0.535. The maximum atomic E-state index is 3.52. The second-order valence-corrected chi connectivity index (χ2v) is 9.92. The van der Waals surface area contributed by atoms with Crippen molar-refractivity contribution in [2.24, 2.45) is 0 Å². The Balaban J connectivity index is 2.70. The number of hydrogen-bond acceptors (Lipinski definition) is 0.